The minimum atomic E-state index is -0.621. The lowest BCUT2D eigenvalue weighted by Crippen LogP contribution is -2.37. The molecule has 1 aliphatic carbocycles. The number of carbonyl (C=O) groups excluding carboxylic acids is 1. The topological polar surface area (TPSA) is 26.3 Å². The first kappa shape index (κ1) is 16.8. The maximum atomic E-state index is 13.0. The lowest BCUT2D eigenvalue weighted by molar-refractivity contribution is -0.169. The molecule has 0 aliphatic heterocycles. The van der Waals surface area contributed by atoms with Crippen LogP contribution in [0.25, 0.3) is 10.8 Å². The van der Waals surface area contributed by atoms with E-state index in [1.54, 1.807) is 0 Å². The number of benzene rings is 2. The molecule has 0 amide bonds. The van der Waals surface area contributed by atoms with Crippen molar-refractivity contribution in [2.45, 2.75) is 52.6 Å². The molecule has 126 valence electrons. The summed E-state index contributed by atoms with van der Waals surface area (Å²) in [6.07, 6.45) is 4.58. The summed E-state index contributed by atoms with van der Waals surface area (Å²) >= 11 is 0. The zero-order valence-electron chi connectivity index (χ0n) is 15.1. The van der Waals surface area contributed by atoms with Crippen LogP contribution in [-0.2, 0) is 15.1 Å². The highest BCUT2D eigenvalue weighted by Crippen LogP contribution is 2.44. The third-order valence-electron chi connectivity index (χ3n) is 5.63. The van der Waals surface area contributed by atoms with Crippen molar-refractivity contribution in [3.05, 3.63) is 59.7 Å². The molecule has 0 aromatic heterocycles. The van der Waals surface area contributed by atoms with Crippen LogP contribution >= 0.6 is 0 Å². The van der Waals surface area contributed by atoms with Crippen molar-refractivity contribution in [1.29, 1.82) is 0 Å². The molecule has 3 rings (SSSR count). The Labute approximate surface area is 144 Å². The third kappa shape index (κ3) is 2.75. The van der Waals surface area contributed by atoms with E-state index in [9.17, 15) is 4.79 Å². The van der Waals surface area contributed by atoms with Crippen molar-refractivity contribution < 1.29 is 9.53 Å². The van der Waals surface area contributed by atoms with E-state index in [0.29, 0.717) is 0 Å². The second kappa shape index (κ2) is 6.08. The molecule has 0 bridgehead atoms. The molecule has 2 aromatic rings. The molecule has 2 atom stereocenters. The van der Waals surface area contributed by atoms with E-state index in [0.717, 1.165) is 30.2 Å². The van der Waals surface area contributed by atoms with Gasteiger partial charge in [0.2, 0.25) is 0 Å². The van der Waals surface area contributed by atoms with Crippen LogP contribution in [0.5, 0.6) is 0 Å². The van der Waals surface area contributed by atoms with Crippen LogP contribution in [0.3, 0.4) is 0 Å². The Morgan fingerprint density at radius 1 is 1.04 bits per heavy atom. The van der Waals surface area contributed by atoms with Crippen LogP contribution in [0.2, 0.25) is 0 Å². The Morgan fingerprint density at radius 2 is 1.71 bits per heavy atom. The summed E-state index contributed by atoms with van der Waals surface area (Å²) in [7, 11) is 0. The van der Waals surface area contributed by atoms with E-state index < -0.39 is 11.0 Å². The highest BCUT2D eigenvalue weighted by Gasteiger charge is 2.43. The lowest BCUT2D eigenvalue weighted by atomic mass is 9.83. The fraction of sp³-hybridized carbons (Fsp3) is 0.409. The molecule has 0 saturated carbocycles. The number of hydrogen-bond acceptors (Lipinski definition) is 2. The van der Waals surface area contributed by atoms with E-state index >= 15 is 0 Å². The van der Waals surface area contributed by atoms with E-state index in [2.05, 4.69) is 44.2 Å². The summed E-state index contributed by atoms with van der Waals surface area (Å²) in [6.45, 7) is 8.17. The van der Waals surface area contributed by atoms with Gasteiger partial charge in [0.25, 0.3) is 0 Å². The molecule has 2 nitrogen and oxygen atoms in total. The molecule has 0 heterocycles. The van der Waals surface area contributed by atoms with Crippen molar-refractivity contribution in [3.63, 3.8) is 0 Å². The highest BCUT2D eigenvalue weighted by molar-refractivity contribution is 5.87. The van der Waals surface area contributed by atoms with E-state index in [4.69, 9.17) is 4.74 Å². The van der Waals surface area contributed by atoms with Crippen LogP contribution in [0.4, 0.5) is 0 Å². The maximum absolute atomic E-state index is 13.0. The molecule has 24 heavy (non-hydrogen) atoms. The Bertz CT molecular complexity index is 799. The summed E-state index contributed by atoms with van der Waals surface area (Å²) in [5.41, 5.74) is 1.19. The fourth-order valence-electron chi connectivity index (χ4n) is 3.33. The molecule has 0 radical (unpaired) electrons. The summed E-state index contributed by atoms with van der Waals surface area (Å²) in [6, 6.07) is 14.5. The largest absolute Gasteiger partial charge is 0.454 e. The maximum Gasteiger partial charge on any atom is 0.316 e. The predicted octanol–water partition coefficient (Wildman–Crippen LogP) is 5.75. The third-order valence-corrected chi connectivity index (χ3v) is 5.63. The number of ether oxygens (including phenoxy) is 1. The van der Waals surface area contributed by atoms with Crippen LogP contribution in [-0.4, -0.2) is 5.97 Å². The zero-order chi connectivity index (χ0) is 17.4. The van der Waals surface area contributed by atoms with Gasteiger partial charge in [0.05, 0.1) is 5.41 Å². The van der Waals surface area contributed by atoms with Gasteiger partial charge < -0.3 is 4.74 Å². The van der Waals surface area contributed by atoms with Crippen LogP contribution in [0.1, 0.15) is 52.5 Å². The summed E-state index contributed by atoms with van der Waals surface area (Å²) < 4.78 is 6.16. The van der Waals surface area contributed by atoms with E-state index in [1.807, 2.05) is 32.0 Å². The van der Waals surface area contributed by atoms with Gasteiger partial charge in [-0.2, -0.15) is 0 Å². The molecular formula is C22H26O2. The SMILES string of the molecule is CCC(C)(C(=O)OC(C)(CC)c1cccc2ccccc12)C1=CC1. The van der Waals surface area contributed by atoms with E-state index in [-0.39, 0.29) is 5.97 Å². The molecule has 0 fully saturated rings. The van der Waals surface area contributed by atoms with E-state index in [1.165, 1.54) is 11.0 Å². The zero-order valence-corrected chi connectivity index (χ0v) is 15.1. The Balaban J connectivity index is 1.99. The number of fused-ring (bicyclic) bond motifs is 1. The van der Waals surface area contributed by atoms with Gasteiger partial charge in [-0.3, -0.25) is 4.79 Å². The average molecular weight is 322 g/mol. The number of hydrogen-bond donors (Lipinski definition) is 0. The molecule has 2 heteroatoms. The smallest absolute Gasteiger partial charge is 0.316 e. The second-order valence-corrected chi connectivity index (χ2v) is 7.12. The first-order chi connectivity index (χ1) is 11.4. The molecular weight excluding hydrogens is 296 g/mol. The number of carbonyl (C=O) groups is 1. The van der Waals surface area contributed by atoms with Gasteiger partial charge in [-0.25, -0.2) is 0 Å². The monoisotopic (exact) mass is 322 g/mol. The Hall–Kier alpha value is -2.09. The van der Waals surface area contributed by atoms with Crippen molar-refractivity contribution in [2.24, 2.45) is 5.41 Å². The van der Waals surface area contributed by atoms with Crippen molar-refractivity contribution in [2.75, 3.05) is 0 Å². The molecule has 1 aliphatic rings. The molecule has 0 spiro atoms. The molecule has 0 saturated heterocycles. The van der Waals surface area contributed by atoms with Gasteiger partial charge in [-0.15, -0.1) is 0 Å². The standard InChI is InChI=1S/C22H26O2/c1-5-21(3,17-14-15-17)20(23)24-22(4,6-2)19-13-9-11-16-10-7-8-12-18(16)19/h7-14H,5-6,15H2,1-4H3. The van der Waals surface area contributed by atoms with Crippen molar-refractivity contribution >= 4 is 16.7 Å². The first-order valence-corrected chi connectivity index (χ1v) is 8.86. The van der Waals surface area contributed by atoms with Crippen LogP contribution in [0.15, 0.2) is 54.1 Å². The van der Waals surface area contributed by atoms with Gasteiger partial charge >= 0.3 is 5.97 Å². The quantitative estimate of drug-likeness (QED) is 0.499. The lowest BCUT2D eigenvalue weighted by Gasteiger charge is -2.34. The molecule has 2 aromatic carbocycles. The summed E-state index contributed by atoms with van der Waals surface area (Å²) in [5.74, 6) is -0.106. The van der Waals surface area contributed by atoms with Crippen LogP contribution < -0.4 is 0 Å². The van der Waals surface area contributed by atoms with Gasteiger partial charge in [0.15, 0.2) is 0 Å². The number of allylic oxidation sites excluding steroid dienone is 1. The first-order valence-electron chi connectivity index (χ1n) is 8.86. The average Bonchev–Trinajstić information content (AvgIpc) is 3.45. The summed E-state index contributed by atoms with van der Waals surface area (Å²) in [5, 5.41) is 2.33. The Morgan fingerprint density at radius 3 is 2.33 bits per heavy atom. The van der Waals surface area contributed by atoms with Crippen molar-refractivity contribution in [3.8, 4) is 0 Å². The summed E-state index contributed by atoms with van der Waals surface area (Å²) in [4.78, 5) is 13.0. The number of rotatable bonds is 6. The van der Waals surface area contributed by atoms with Gasteiger partial charge in [0, 0.05) is 5.56 Å². The minimum Gasteiger partial charge on any atom is -0.454 e. The molecule has 2 unspecified atom stereocenters. The minimum absolute atomic E-state index is 0.106. The molecule has 0 N–H and O–H groups in total. The fourth-order valence-corrected chi connectivity index (χ4v) is 3.33. The van der Waals surface area contributed by atoms with Gasteiger partial charge in [-0.1, -0.05) is 68.0 Å². The number of esters is 1. The second-order valence-electron chi connectivity index (χ2n) is 7.12. The normalized spacial score (nSPS) is 18.4. The predicted molar refractivity (Wildman–Crippen MR) is 98.8 cm³/mol. The van der Waals surface area contributed by atoms with Gasteiger partial charge in [-0.05, 0) is 43.9 Å². The highest BCUT2D eigenvalue weighted by atomic mass is 16.6. The Kier molecular flexibility index (Phi) is 4.25. The van der Waals surface area contributed by atoms with Crippen LogP contribution in [0, 0.1) is 5.41 Å². The van der Waals surface area contributed by atoms with Gasteiger partial charge in [0.1, 0.15) is 5.60 Å². The van der Waals surface area contributed by atoms with Crippen molar-refractivity contribution in [1.82, 2.24) is 0 Å².